The zero-order valence-electron chi connectivity index (χ0n) is 4.65. The van der Waals surface area contributed by atoms with Crippen LogP contribution in [-0.4, -0.2) is 24.8 Å². The highest BCUT2D eigenvalue weighted by atomic mass is 16.5. The molecule has 3 heteroatoms. The first-order valence-electron chi connectivity index (χ1n) is 2.55. The number of likely N-dealkylation sites (N-methyl/N-ethyl adjacent to an activating group) is 1. The molecule has 0 aliphatic heterocycles. The van der Waals surface area contributed by atoms with Crippen LogP contribution in [0.3, 0.4) is 0 Å². The van der Waals surface area contributed by atoms with Gasteiger partial charge in [-0.3, -0.25) is 0 Å². The second-order valence-electron chi connectivity index (χ2n) is 1.46. The average Bonchev–Trinajstić information content (AvgIpc) is 1.68. The van der Waals surface area contributed by atoms with Crippen LogP contribution in [0.5, 0.6) is 0 Å². The Kier molecular flexibility index (Phi) is 3.98. The molecule has 0 amide bonds. The molecule has 0 aliphatic carbocycles. The minimum atomic E-state index is 0.502. The summed E-state index contributed by atoms with van der Waals surface area (Å²) in [6.07, 6.45) is 0. The van der Waals surface area contributed by atoms with E-state index < -0.39 is 0 Å². The maximum atomic E-state index is 8.69. The summed E-state index contributed by atoms with van der Waals surface area (Å²) in [6.45, 7) is 3.85. The molecule has 7 heavy (non-hydrogen) atoms. The van der Waals surface area contributed by atoms with Crippen molar-refractivity contribution < 1.29 is 10.3 Å². The van der Waals surface area contributed by atoms with E-state index in [1.165, 1.54) is 0 Å². The van der Waals surface area contributed by atoms with Crippen molar-refractivity contribution in [2.75, 3.05) is 19.6 Å². The first-order chi connectivity index (χ1) is 3.31. The van der Waals surface area contributed by atoms with E-state index in [-0.39, 0.29) is 0 Å². The van der Waals surface area contributed by atoms with Gasteiger partial charge in [0.15, 0.2) is 0 Å². The lowest BCUT2D eigenvalue weighted by Gasteiger charge is -2.03. The summed E-state index contributed by atoms with van der Waals surface area (Å²) in [4.78, 5) is 0. The Labute approximate surface area is 43.7 Å². The van der Waals surface area contributed by atoms with E-state index in [0.717, 1.165) is 6.54 Å². The fourth-order valence-electron chi connectivity index (χ4n) is 0.343. The number of quaternary nitrogens is 1. The predicted molar refractivity (Wildman–Crippen MR) is 27.2 cm³/mol. The fraction of sp³-hybridized carbons (Fsp3) is 1.00. The molecule has 0 fully saturated rings. The van der Waals surface area contributed by atoms with Gasteiger partial charge in [0.2, 0.25) is 0 Å². The summed E-state index contributed by atoms with van der Waals surface area (Å²) in [5.74, 6) is 0. The number of hydrogen-bond acceptors (Lipinski definition) is 2. The summed E-state index contributed by atoms with van der Waals surface area (Å²) < 4.78 is 0. The fourth-order valence-corrected chi connectivity index (χ4v) is 0.343. The van der Waals surface area contributed by atoms with Crippen LogP contribution in [-0.2, 0) is 0 Å². The molecule has 0 aliphatic rings. The first kappa shape index (κ1) is 6.88. The molecular formula is C4H13N2O+. The lowest BCUT2D eigenvalue weighted by atomic mass is 10.6. The Morgan fingerprint density at radius 1 is 1.71 bits per heavy atom. The van der Waals surface area contributed by atoms with Gasteiger partial charge in [-0.2, -0.15) is 5.06 Å². The van der Waals surface area contributed by atoms with Gasteiger partial charge in [0.25, 0.3) is 0 Å². The van der Waals surface area contributed by atoms with Crippen molar-refractivity contribution in [2.24, 2.45) is 5.73 Å². The molecule has 3 nitrogen and oxygen atoms in total. The van der Waals surface area contributed by atoms with Gasteiger partial charge in [0, 0.05) is 6.54 Å². The molecule has 1 unspecified atom stereocenters. The van der Waals surface area contributed by atoms with E-state index in [0.29, 0.717) is 18.2 Å². The van der Waals surface area contributed by atoms with Gasteiger partial charge in [-0.1, -0.05) is 0 Å². The normalized spacial score (nSPS) is 14.1. The Hall–Kier alpha value is -0.120. The van der Waals surface area contributed by atoms with Gasteiger partial charge < -0.3 is 5.73 Å². The van der Waals surface area contributed by atoms with Gasteiger partial charge in [0.1, 0.15) is 13.1 Å². The highest BCUT2D eigenvalue weighted by Gasteiger charge is 1.93. The Morgan fingerprint density at radius 3 is 2.43 bits per heavy atom. The molecule has 0 heterocycles. The molecule has 0 aromatic rings. The molecule has 0 spiro atoms. The quantitative estimate of drug-likeness (QED) is 0.372. The van der Waals surface area contributed by atoms with E-state index in [1.54, 1.807) is 0 Å². The average molecular weight is 105 g/mol. The van der Waals surface area contributed by atoms with E-state index in [1.807, 2.05) is 6.92 Å². The minimum absolute atomic E-state index is 0.502. The number of nitrogens with one attached hydrogen (secondary N) is 1. The number of nitrogens with two attached hydrogens (primary N) is 1. The first-order valence-corrected chi connectivity index (χ1v) is 2.55. The van der Waals surface area contributed by atoms with Gasteiger partial charge >= 0.3 is 0 Å². The zero-order valence-corrected chi connectivity index (χ0v) is 4.65. The van der Waals surface area contributed by atoms with Crippen LogP contribution >= 0.6 is 0 Å². The highest BCUT2D eigenvalue weighted by molar-refractivity contribution is 4.20. The van der Waals surface area contributed by atoms with Crippen LogP contribution in [0.1, 0.15) is 6.92 Å². The predicted octanol–water partition coefficient (Wildman–Crippen LogP) is -1.76. The number of hydroxylamine groups is 2. The Morgan fingerprint density at radius 2 is 2.29 bits per heavy atom. The smallest absolute Gasteiger partial charge is 0.119 e. The molecule has 0 aromatic carbocycles. The Balaban J connectivity index is 2.83. The maximum absolute atomic E-state index is 8.69. The Bertz CT molecular complexity index is 40.7. The molecule has 4 N–H and O–H groups in total. The summed E-state index contributed by atoms with van der Waals surface area (Å²) in [5.41, 5.74) is 5.12. The van der Waals surface area contributed by atoms with E-state index in [9.17, 15) is 0 Å². The summed E-state index contributed by atoms with van der Waals surface area (Å²) in [6, 6.07) is 0. The van der Waals surface area contributed by atoms with Crippen molar-refractivity contribution >= 4 is 0 Å². The van der Waals surface area contributed by atoms with Crippen LogP contribution in [0.15, 0.2) is 0 Å². The lowest BCUT2D eigenvalue weighted by molar-refractivity contribution is -1.09. The van der Waals surface area contributed by atoms with Gasteiger partial charge in [-0.05, 0) is 6.92 Å². The molecule has 1 atom stereocenters. The van der Waals surface area contributed by atoms with Crippen molar-refractivity contribution in [2.45, 2.75) is 6.92 Å². The van der Waals surface area contributed by atoms with E-state index >= 15 is 0 Å². The van der Waals surface area contributed by atoms with Gasteiger partial charge in [-0.25, -0.2) is 5.21 Å². The third-order valence-corrected chi connectivity index (χ3v) is 0.841. The number of hydrogen-bond donors (Lipinski definition) is 3. The molecule has 0 rings (SSSR count). The monoisotopic (exact) mass is 105 g/mol. The molecule has 0 saturated carbocycles. The summed E-state index contributed by atoms with van der Waals surface area (Å²) in [7, 11) is 0. The standard InChI is InChI=1S/C4H12N2O/c1-2-6(7)4-3-5/h7H,2-5H2,1H3/p+1. The van der Waals surface area contributed by atoms with Crippen molar-refractivity contribution in [3.05, 3.63) is 0 Å². The third-order valence-electron chi connectivity index (χ3n) is 0.841. The van der Waals surface area contributed by atoms with Crippen LogP contribution in [0.25, 0.3) is 0 Å². The van der Waals surface area contributed by atoms with Gasteiger partial charge in [0.05, 0.1) is 0 Å². The molecular weight excluding hydrogens is 92.1 g/mol. The lowest BCUT2D eigenvalue weighted by Crippen LogP contribution is -3.10. The number of rotatable bonds is 3. The SMILES string of the molecule is CC[NH+](O)CCN. The van der Waals surface area contributed by atoms with Crippen molar-refractivity contribution in [1.82, 2.24) is 0 Å². The van der Waals surface area contributed by atoms with Crippen molar-refractivity contribution in [1.29, 1.82) is 0 Å². The van der Waals surface area contributed by atoms with Gasteiger partial charge in [-0.15, -0.1) is 0 Å². The minimum Gasteiger partial charge on any atom is -0.325 e. The largest absolute Gasteiger partial charge is 0.325 e. The van der Waals surface area contributed by atoms with Crippen LogP contribution in [0, 0.1) is 0 Å². The topological polar surface area (TPSA) is 50.7 Å². The van der Waals surface area contributed by atoms with Crippen LogP contribution in [0.2, 0.25) is 0 Å². The third kappa shape index (κ3) is 3.72. The molecule has 0 bridgehead atoms. The van der Waals surface area contributed by atoms with Crippen molar-refractivity contribution in [3.8, 4) is 0 Å². The van der Waals surface area contributed by atoms with Crippen molar-refractivity contribution in [3.63, 3.8) is 0 Å². The molecule has 0 radical (unpaired) electrons. The summed E-state index contributed by atoms with van der Waals surface area (Å²) in [5, 5.41) is 9.20. The van der Waals surface area contributed by atoms with E-state index in [2.05, 4.69) is 0 Å². The van der Waals surface area contributed by atoms with E-state index in [4.69, 9.17) is 10.9 Å². The molecule has 44 valence electrons. The van der Waals surface area contributed by atoms with Crippen LogP contribution < -0.4 is 10.8 Å². The summed E-state index contributed by atoms with van der Waals surface area (Å²) >= 11 is 0. The molecule has 0 saturated heterocycles. The maximum Gasteiger partial charge on any atom is 0.119 e. The second-order valence-corrected chi connectivity index (χ2v) is 1.46. The zero-order chi connectivity index (χ0) is 5.70. The molecule has 0 aromatic heterocycles. The van der Waals surface area contributed by atoms with Crippen LogP contribution in [0.4, 0.5) is 0 Å². The highest BCUT2D eigenvalue weighted by Crippen LogP contribution is 1.38. The second kappa shape index (κ2) is 4.05.